The largest absolute Gasteiger partial charge is 0.494 e. The second-order valence-electron chi connectivity index (χ2n) is 6.38. The van der Waals surface area contributed by atoms with Gasteiger partial charge in [-0.3, -0.25) is 9.69 Å². The van der Waals surface area contributed by atoms with Gasteiger partial charge in [-0.1, -0.05) is 61.9 Å². The zero-order chi connectivity index (χ0) is 18.6. The Kier molecular flexibility index (Phi) is 5.26. The Morgan fingerprint density at radius 2 is 1.69 bits per heavy atom. The Labute approximate surface area is 154 Å². The number of benzene rings is 2. The van der Waals surface area contributed by atoms with Gasteiger partial charge in [-0.2, -0.15) is 0 Å². The van der Waals surface area contributed by atoms with E-state index >= 15 is 0 Å². The lowest BCUT2D eigenvalue weighted by molar-refractivity contribution is -0.132. The van der Waals surface area contributed by atoms with Gasteiger partial charge in [0.15, 0.2) is 0 Å². The lowest BCUT2D eigenvalue weighted by atomic mass is 9.85. The first kappa shape index (κ1) is 18.0. The summed E-state index contributed by atoms with van der Waals surface area (Å²) in [6.07, 6.45) is 1.34. The third-order valence-electron chi connectivity index (χ3n) is 4.67. The molecule has 0 aliphatic carbocycles. The molecule has 1 heterocycles. The highest BCUT2D eigenvalue weighted by atomic mass is 16.5. The summed E-state index contributed by atoms with van der Waals surface area (Å²) < 4.78 is 5.63. The second kappa shape index (κ2) is 7.60. The van der Waals surface area contributed by atoms with Crippen LogP contribution in [0.15, 0.2) is 54.6 Å². The van der Waals surface area contributed by atoms with E-state index in [1.54, 1.807) is 0 Å². The van der Waals surface area contributed by atoms with Crippen molar-refractivity contribution in [1.29, 1.82) is 0 Å². The molecule has 3 amide bonds. The minimum absolute atomic E-state index is 0.194. The van der Waals surface area contributed by atoms with Gasteiger partial charge < -0.3 is 10.1 Å². The van der Waals surface area contributed by atoms with Crippen LogP contribution in [0.3, 0.4) is 0 Å². The average Bonchev–Trinajstić information content (AvgIpc) is 2.90. The summed E-state index contributed by atoms with van der Waals surface area (Å²) in [5.41, 5.74) is 0.646. The SMILES string of the molecule is CCCC1(c2ccccc2)NC(=O)N(Cc2ccccc2OCC)C1=O. The molecule has 0 aromatic heterocycles. The monoisotopic (exact) mass is 352 g/mol. The molecule has 1 fully saturated rings. The summed E-state index contributed by atoms with van der Waals surface area (Å²) in [4.78, 5) is 27.3. The quantitative estimate of drug-likeness (QED) is 0.771. The van der Waals surface area contributed by atoms with Crippen LogP contribution in [0.5, 0.6) is 5.75 Å². The predicted octanol–water partition coefficient (Wildman–Crippen LogP) is 3.83. The highest BCUT2D eigenvalue weighted by molar-refractivity contribution is 6.07. The maximum atomic E-state index is 13.3. The molecule has 0 spiro atoms. The van der Waals surface area contributed by atoms with Crippen LogP contribution < -0.4 is 10.1 Å². The van der Waals surface area contributed by atoms with Gasteiger partial charge >= 0.3 is 6.03 Å². The van der Waals surface area contributed by atoms with Gasteiger partial charge in [-0.15, -0.1) is 0 Å². The molecular formula is C21H24N2O3. The molecule has 26 heavy (non-hydrogen) atoms. The number of hydrogen-bond acceptors (Lipinski definition) is 3. The third-order valence-corrected chi connectivity index (χ3v) is 4.67. The number of urea groups is 1. The van der Waals surface area contributed by atoms with Crippen LogP contribution in [0, 0.1) is 0 Å². The molecule has 136 valence electrons. The van der Waals surface area contributed by atoms with Gasteiger partial charge in [0, 0.05) is 5.56 Å². The molecule has 1 atom stereocenters. The van der Waals surface area contributed by atoms with E-state index in [0.29, 0.717) is 18.8 Å². The van der Waals surface area contributed by atoms with Crippen LogP contribution >= 0.6 is 0 Å². The summed E-state index contributed by atoms with van der Waals surface area (Å²) in [6.45, 7) is 4.64. The van der Waals surface area contributed by atoms with E-state index in [0.717, 1.165) is 17.5 Å². The topological polar surface area (TPSA) is 58.6 Å². The van der Waals surface area contributed by atoms with Crippen molar-refractivity contribution >= 4 is 11.9 Å². The first-order valence-electron chi connectivity index (χ1n) is 9.02. The van der Waals surface area contributed by atoms with E-state index in [1.165, 1.54) is 4.90 Å². The van der Waals surface area contributed by atoms with Gasteiger partial charge in [0.2, 0.25) is 0 Å². The van der Waals surface area contributed by atoms with Crippen molar-refractivity contribution in [2.75, 3.05) is 6.61 Å². The number of rotatable bonds is 7. The molecule has 2 aromatic carbocycles. The number of carbonyl (C=O) groups excluding carboxylic acids is 2. The maximum absolute atomic E-state index is 13.3. The highest BCUT2D eigenvalue weighted by Crippen LogP contribution is 2.35. The van der Waals surface area contributed by atoms with E-state index in [4.69, 9.17) is 4.74 Å². The molecule has 0 bridgehead atoms. The van der Waals surface area contributed by atoms with Crippen molar-refractivity contribution in [2.45, 2.75) is 38.8 Å². The van der Waals surface area contributed by atoms with Gasteiger partial charge in [0.25, 0.3) is 5.91 Å². The van der Waals surface area contributed by atoms with E-state index in [2.05, 4.69) is 5.32 Å². The molecule has 0 radical (unpaired) electrons. The smallest absolute Gasteiger partial charge is 0.325 e. The minimum Gasteiger partial charge on any atom is -0.494 e. The Hall–Kier alpha value is -2.82. The summed E-state index contributed by atoms with van der Waals surface area (Å²) in [6, 6.07) is 16.6. The van der Waals surface area contributed by atoms with Crippen LogP contribution in [0.1, 0.15) is 37.8 Å². The van der Waals surface area contributed by atoms with Crippen molar-refractivity contribution in [3.05, 3.63) is 65.7 Å². The number of hydrogen-bond donors (Lipinski definition) is 1. The summed E-state index contributed by atoms with van der Waals surface area (Å²) in [5, 5.41) is 2.95. The number of para-hydroxylation sites is 1. The Morgan fingerprint density at radius 3 is 2.38 bits per heavy atom. The predicted molar refractivity (Wildman–Crippen MR) is 99.7 cm³/mol. The standard InChI is InChI=1S/C21H24N2O3/c1-3-14-21(17-11-6-5-7-12-17)19(24)23(20(25)22-21)15-16-10-8-9-13-18(16)26-4-2/h5-13H,3-4,14-15H2,1-2H3,(H,22,25). The van der Waals surface area contributed by atoms with Crippen molar-refractivity contribution in [3.63, 3.8) is 0 Å². The Morgan fingerprint density at radius 1 is 1.00 bits per heavy atom. The van der Waals surface area contributed by atoms with Crippen molar-refractivity contribution in [3.8, 4) is 5.75 Å². The zero-order valence-electron chi connectivity index (χ0n) is 15.2. The first-order chi connectivity index (χ1) is 12.6. The molecule has 3 rings (SSSR count). The number of ether oxygens (including phenoxy) is 1. The number of nitrogens with one attached hydrogen (secondary N) is 1. The summed E-state index contributed by atoms with van der Waals surface area (Å²) in [5.74, 6) is 0.491. The van der Waals surface area contributed by atoms with Gasteiger partial charge in [-0.05, 0) is 25.0 Å². The third kappa shape index (κ3) is 3.17. The van der Waals surface area contributed by atoms with Crippen LogP contribution in [0.2, 0.25) is 0 Å². The first-order valence-corrected chi connectivity index (χ1v) is 9.02. The Balaban J connectivity index is 1.93. The summed E-state index contributed by atoms with van der Waals surface area (Å²) in [7, 11) is 0. The molecule has 0 saturated carbocycles. The normalized spacial score (nSPS) is 19.5. The van der Waals surface area contributed by atoms with E-state index in [9.17, 15) is 9.59 Å². The van der Waals surface area contributed by atoms with E-state index in [1.807, 2.05) is 68.4 Å². The fraction of sp³-hybridized carbons (Fsp3) is 0.333. The molecule has 1 N–H and O–H groups in total. The van der Waals surface area contributed by atoms with Crippen molar-refractivity contribution in [1.82, 2.24) is 10.2 Å². The fourth-order valence-electron chi connectivity index (χ4n) is 3.48. The zero-order valence-corrected chi connectivity index (χ0v) is 15.2. The number of amides is 3. The lowest BCUT2D eigenvalue weighted by Gasteiger charge is -2.27. The van der Waals surface area contributed by atoms with Crippen molar-refractivity contribution in [2.24, 2.45) is 0 Å². The van der Waals surface area contributed by atoms with Gasteiger partial charge in [-0.25, -0.2) is 4.79 Å². The van der Waals surface area contributed by atoms with Crippen molar-refractivity contribution < 1.29 is 14.3 Å². The fourth-order valence-corrected chi connectivity index (χ4v) is 3.48. The van der Waals surface area contributed by atoms with E-state index in [-0.39, 0.29) is 18.5 Å². The molecule has 5 heteroatoms. The lowest BCUT2D eigenvalue weighted by Crippen LogP contribution is -2.43. The van der Waals surface area contributed by atoms with Crippen LogP contribution in [0.4, 0.5) is 4.79 Å². The average molecular weight is 352 g/mol. The molecule has 1 unspecified atom stereocenters. The molecule has 1 saturated heterocycles. The van der Waals surface area contributed by atoms with Crippen LogP contribution in [0.25, 0.3) is 0 Å². The van der Waals surface area contributed by atoms with Crippen LogP contribution in [-0.4, -0.2) is 23.4 Å². The van der Waals surface area contributed by atoms with Gasteiger partial charge in [0.05, 0.1) is 13.2 Å². The molecule has 1 aliphatic heterocycles. The number of nitrogens with zero attached hydrogens (tertiary/aromatic N) is 1. The molecule has 5 nitrogen and oxygen atoms in total. The maximum Gasteiger partial charge on any atom is 0.325 e. The number of carbonyl (C=O) groups is 2. The number of imide groups is 1. The van der Waals surface area contributed by atoms with Gasteiger partial charge in [0.1, 0.15) is 11.3 Å². The molecule has 1 aliphatic rings. The van der Waals surface area contributed by atoms with Crippen LogP contribution in [-0.2, 0) is 16.9 Å². The minimum atomic E-state index is -0.992. The molecule has 2 aromatic rings. The second-order valence-corrected chi connectivity index (χ2v) is 6.38. The molecular weight excluding hydrogens is 328 g/mol. The Bertz CT molecular complexity index is 791. The van der Waals surface area contributed by atoms with E-state index < -0.39 is 5.54 Å². The summed E-state index contributed by atoms with van der Waals surface area (Å²) >= 11 is 0. The highest BCUT2D eigenvalue weighted by Gasteiger charge is 2.51.